The van der Waals surface area contributed by atoms with Crippen LogP contribution in [0.5, 0.6) is 0 Å². The van der Waals surface area contributed by atoms with Crippen LogP contribution in [-0.4, -0.2) is 22.5 Å². The molecule has 4 nitrogen and oxygen atoms in total. The van der Waals surface area contributed by atoms with E-state index in [-0.39, 0.29) is 11.4 Å². The number of amidine groups is 2. The van der Waals surface area contributed by atoms with Gasteiger partial charge in [0.15, 0.2) is 5.84 Å². The first-order chi connectivity index (χ1) is 16.8. The largest absolute Gasteiger partial charge is 0.416 e. The monoisotopic (exact) mass is 491 g/mol. The molecule has 2 aliphatic rings. The van der Waals surface area contributed by atoms with Crippen LogP contribution in [0, 0.1) is 0 Å². The number of nitrogens with zero attached hydrogens (tertiary/aromatic N) is 3. The summed E-state index contributed by atoms with van der Waals surface area (Å²) in [6, 6.07) is 18.9. The number of hydrogen-bond acceptors (Lipinski definition) is 2. The molecular formula is C27H17ClF3N3O. The lowest BCUT2D eigenvalue weighted by molar-refractivity contribution is -0.137. The molecule has 0 spiro atoms. The van der Waals surface area contributed by atoms with Crippen LogP contribution >= 0.6 is 11.6 Å². The first-order valence-electron chi connectivity index (χ1n) is 10.7. The Morgan fingerprint density at radius 3 is 2.34 bits per heavy atom. The fourth-order valence-electron chi connectivity index (χ4n) is 3.97. The summed E-state index contributed by atoms with van der Waals surface area (Å²) >= 11 is 6.16. The molecule has 174 valence electrons. The highest BCUT2D eigenvalue weighted by molar-refractivity contribution is 6.32. The fraction of sp³-hybridized carbons (Fsp3) is 0.0741. The molecule has 8 heteroatoms. The molecule has 0 saturated carbocycles. The number of aliphatic imine (C=N–C) groups is 2. The van der Waals surface area contributed by atoms with Crippen LogP contribution in [-0.2, 0) is 12.7 Å². The van der Waals surface area contributed by atoms with Crippen LogP contribution in [0.25, 0.3) is 11.1 Å². The van der Waals surface area contributed by atoms with Gasteiger partial charge in [-0.05, 0) is 47.0 Å². The summed E-state index contributed by atoms with van der Waals surface area (Å²) in [5.41, 5.74) is 2.11. The van der Waals surface area contributed by atoms with Gasteiger partial charge in [-0.2, -0.15) is 18.2 Å². The molecule has 0 aromatic heterocycles. The van der Waals surface area contributed by atoms with Gasteiger partial charge in [-0.1, -0.05) is 66.2 Å². The van der Waals surface area contributed by atoms with E-state index in [2.05, 4.69) is 9.98 Å². The maximum Gasteiger partial charge on any atom is 0.416 e. The molecule has 35 heavy (non-hydrogen) atoms. The van der Waals surface area contributed by atoms with Crippen molar-refractivity contribution in [3.8, 4) is 11.1 Å². The zero-order valence-corrected chi connectivity index (χ0v) is 18.9. The molecule has 3 aromatic rings. The number of benzene rings is 3. The number of fused-ring (bicyclic) bond motifs is 2. The molecule has 0 atom stereocenters. The zero-order valence-electron chi connectivity index (χ0n) is 18.1. The molecule has 0 unspecified atom stereocenters. The van der Waals surface area contributed by atoms with Gasteiger partial charge in [-0.25, -0.2) is 4.99 Å². The minimum absolute atomic E-state index is 0.251. The second-order valence-electron chi connectivity index (χ2n) is 7.96. The van der Waals surface area contributed by atoms with Gasteiger partial charge in [0.1, 0.15) is 5.84 Å². The molecule has 0 bridgehead atoms. The molecule has 2 aliphatic heterocycles. The summed E-state index contributed by atoms with van der Waals surface area (Å²) in [6.45, 7) is 0.505. The summed E-state index contributed by atoms with van der Waals surface area (Å²) < 4.78 is 38.9. The molecule has 2 heterocycles. The number of allylic oxidation sites excluding steroid dienone is 2. The highest BCUT2D eigenvalue weighted by Gasteiger charge is 2.30. The van der Waals surface area contributed by atoms with Crippen LogP contribution in [0.1, 0.15) is 27.0 Å². The van der Waals surface area contributed by atoms with Crippen LogP contribution < -0.4 is 0 Å². The zero-order chi connectivity index (χ0) is 24.6. The van der Waals surface area contributed by atoms with Crippen LogP contribution in [0.4, 0.5) is 13.2 Å². The summed E-state index contributed by atoms with van der Waals surface area (Å²) in [5.74, 6) is 0.297. The Morgan fingerprint density at radius 2 is 1.60 bits per heavy atom. The SMILES string of the molecule is O=C(N=C1N=C2C=CC(Cl)=CN2Cc2ccccc21)c1ccccc1-c1ccc(C(F)(F)F)cc1. The Balaban J connectivity index is 1.57. The Kier molecular flexibility index (Phi) is 5.86. The summed E-state index contributed by atoms with van der Waals surface area (Å²) in [4.78, 5) is 24.2. The number of amides is 1. The van der Waals surface area contributed by atoms with E-state index in [1.807, 2.05) is 29.2 Å². The van der Waals surface area contributed by atoms with Gasteiger partial charge in [-0.3, -0.25) is 4.79 Å². The highest BCUT2D eigenvalue weighted by atomic mass is 35.5. The summed E-state index contributed by atoms with van der Waals surface area (Å²) in [7, 11) is 0. The van der Waals surface area contributed by atoms with Crippen molar-refractivity contribution in [3.05, 3.63) is 118 Å². The third-order valence-corrected chi connectivity index (χ3v) is 5.90. The van der Waals surface area contributed by atoms with Crippen molar-refractivity contribution >= 4 is 29.2 Å². The van der Waals surface area contributed by atoms with E-state index in [1.54, 1.807) is 42.6 Å². The lowest BCUT2D eigenvalue weighted by Gasteiger charge is -2.21. The molecule has 5 rings (SSSR count). The lowest BCUT2D eigenvalue weighted by atomic mass is 9.98. The normalized spacial score (nSPS) is 16.2. The molecule has 0 fully saturated rings. The van der Waals surface area contributed by atoms with Gasteiger partial charge < -0.3 is 4.90 Å². The fourth-order valence-corrected chi connectivity index (χ4v) is 4.15. The smallest absolute Gasteiger partial charge is 0.327 e. The topological polar surface area (TPSA) is 45.0 Å². The van der Waals surface area contributed by atoms with Crippen LogP contribution in [0.3, 0.4) is 0 Å². The standard InChI is InChI=1S/C27H17ClF3N3O/c28-20-13-14-24-32-25(22-7-2-1-5-18(22)15-34(24)16-20)33-26(35)23-8-4-3-6-21(23)17-9-11-19(12-10-17)27(29,30)31/h1-14,16H,15H2. The van der Waals surface area contributed by atoms with E-state index in [0.717, 1.165) is 17.7 Å². The number of hydrogen-bond donors (Lipinski definition) is 0. The van der Waals surface area contributed by atoms with E-state index >= 15 is 0 Å². The third-order valence-electron chi connectivity index (χ3n) is 5.67. The Morgan fingerprint density at radius 1 is 0.914 bits per heavy atom. The minimum Gasteiger partial charge on any atom is -0.327 e. The number of rotatable bonds is 2. The maximum absolute atomic E-state index is 13.4. The lowest BCUT2D eigenvalue weighted by Crippen LogP contribution is -2.25. The van der Waals surface area contributed by atoms with Crippen molar-refractivity contribution in [1.82, 2.24) is 4.90 Å². The van der Waals surface area contributed by atoms with Crippen molar-refractivity contribution in [1.29, 1.82) is 0 Å². The van der Waals surface area contributed by atoms with Crippen LogP contribution in [0.15, 0.2) is 106 Å². The first kappa shape index (κ1) is 22.8. The molecule has 0 aliphatic carbocycles. The second kappa shape index (κ2) is 9.00. The predicted molar refractivity (Wildman–Crippen MR) is 130 cm³/mol. The number of carbonyl (C=O) groups is 1. The molecule has 0 saturated heterocycles. The van der Waals surface area contributed by atoms with Gasteiger partial charge in [0.05, 0.1) is 10.6 Å². The van der Waals surface area contributed by atoms with Crippen molar-refractivity contribution in [2.45, 2.75) is 12.7 Å². The predicted octanol–water partition coefficient (Wildman–Crippen LogP) is 6.82. The van der Waals surface area contributed by atoms with Gasteiger partial charge >= 0.3 is 6.18 Å². The quantitative estimate of drug-likeness (QED) is 0.394. The van der Waals surface area contributed by atoms with Crippen LogP contribution in [0.2, 0.25) is 0 Å². The van der Waals surface area contributed by atoms with E-state index in [4.69, 9.17) is 11.6 Å². The highest BCUT2D eigenvalue weighted by Crippen LogP contribution is 2.32. The van der Waals surface area contributed by atoms with Gasteiger partial charge in [0, 0.05) is 23.9 Å². The van der Waals surface area contributed by atoms with Gasteiger partial charge in [0.25, 0.3) is 5.91 Å². The maximum atomic E-state index is 13.4. The van der Waals surface area contributed by atoms with Crippen molar-refractivity contribution < 1.29 is 18.0 Å². The Bertz CT molecular complexity index is 1440. The second-order valence-corrected chi connectivity index (χ2v) is 8.40. The third kappa shape index (κ3) is 4.68. The summed E-state index contributed by atoms with van der Waals surface area (Å²) in [5, 5.41) is 0.559. The number of alkyl halides is 3. The molecule has 1 amide bonds. The van der Waals surface area contributed by atoms with E-state index in [0.29, 0.717) is 34.1 Å². The number of halogens is 4. The van der Waals surface area contributed by atoms with Crippen molar-refractivity contribution in [2.75, 3.05) is 0 Å². The first-order valence-corrected chi connectivity index (χ1v) is 11.1. The molecule has 0 radical (unpaired) electrons. The average Bonchev–Trinajstić information content (AvgIpc) is 2.99. The average molecular weight is 492 g/mol. The summed E-state index contributed by atoms with van der Waals surface area (Å²) in [6.07, 6.45) is 0.797. The molecule has 0 N–H and O–H groups in total. The van der Waals surface area contributed by atoms with E-state index in [1.165, 1.54) is 12.1 Å². The van der Waals surface area contributed by atoms with Crippen molar-refractivity contribution in [3.63, 3.8) is 0 Å². The van der Waals surface area contributed by atoms with Gasteiger partial charge in [-0.15, -0.1) is 0 Å². The molecule has 3 aromatic carbocycles. The number of carbonyl (C=O) groups excluding carboxylic acids is 1. The van der Waals surface area contributed by atoms with E-state index < -0.39 is 17.6 Å². The molecular weight excluding hydrogens is 475 g/mol. The Hall–Kier alpha value is -3.97. The minimum atomic E-state index is -4.44. The van der Waals surface area contributed by atoms with Gasteiger partial charge in [0.2, 0.25) is 0 Å². The Labute approximate surface area is 204 Å². The van der Waals surface area contributed by atoms with E-state index in [9.17, 15) is 18.0 Å². The van der Waals surface area contributed by atoms with Crippen molar-refractivity contribution in [2.24, 2.45) is 9.98 Å².